The lowest BCUT2D eigenvalue weighted by atomic mass is 10.2. The van der Waals surface area contributed by atoms with E-state index < -0.39 is 10.0 Å². The van der Waals surface area contributed by atoms with Crippen molar-refractivity contribution < 1.29 is 18.1 Å². The van der Waals surface area contributed by atoms with Crippen LogP contribution in [0.2, 0.25) is 0 Å². The highest BCUT2D eigenvalue weighted by Crippen LogP contribution is 2.12. The Kier molecular flexibility index (Phi) is 7.32. The molecule has 0 spiro atoms. The van der Waals surface area contributed by atoms with Gasteiger partial charge in [-0.1, -0.05) is 36.4 Å². The topological polar surface area (TPSA) is 79.7 Å². The van der Waals surface area contributed by atoms with Crippen molar-refractivity contribution in [2.24, 2.45) is 0 Å². The largest absolute Gasteiger partial charge is 0.352 e. The Bertz CT molecular complexity index is 821. The van der Waals surface area contributed by atoms with Gasteiger partial charge in [0.25, 0.3) is 5.91 Å². The molecule has 26 heavy (non-hydrogen) atoms. The molecular weight excluding hydrogens is 350 g/mol. The zero-order chi connectivity index (χ0) is 19.0. The molecule has 0 saturated carbocycles. The van der Waals surface area contributed by atoms with E-state index in [1.165, 1.54) is 17.0 Å². The molecule has 0 radical (unpaired) electrons. The van der Waals surface area contributed by atoms with Crippen molar-refractivity contribution in [3.63, 3.8) is 0 Å². The quantitative estimate of drug-likeness (QED) is 0.555. The van der Waals surface area contributed by atoms with Gasteiger partial charge in [-0.2, -0.15) is 0 Å². The summed E-state index contributed by atoms with van der Waals surface area (Å²) >= 11 is 0. The Balaban J connectivity index is 1.99. The average Bonchev–Trinajstić information content (AvgIpc) is 2.64. The number of nitrogens with one attached hydrogen (secondary N) is 3. The van der Waals surface area contributed by atoms with E-state index >= 15 is 0 Å². The van der Waals surface area contributed by atoms with E-state index in [1.54, 1.807) is 12.1 Å². The minimum absolute atomic E-state index is 0.0822. The first-order valence-corrected chi connectivity index (χ1v) is 10.1. The first-order chi connectivity index (χ1) is 12.4. The van der Waals surface area contributed by atoms with Crippen LogP contribution in [0, 0.1) is 0 Å². The monoisotopic (exact) mass is 376 g/mol. The number of amides is 1. The van der Waals surface area contributed by atoms with Crippen LogP contribution in [-0.2, 0) is 16.6 Å². The summed E-state index contributed by atoms with van der Waals surface area (Å²) in [5.74, 6) is -0.265. The van der Waals surface area contributed by atoms with Crippen molar-refractivity contribution in [3.05, 3.63) is 65.7 Å². The second-order valence-electron chi connectivity index (χ2n) is 6.40. The molecule has 0 atom stereocenters. The molecule has 0 saturated heterocycles. The normalized spacial score (nSPS) is 11.5. The fourth-order valence-electron chi connectivity index (χ4n) is 2.41. The fraction of sp³-hybridized carbons (Fsp3) is 0.316. The molecule has 0 aliphatic rings. The van der Waals surface area contributed by atoms with Gasteiger partial charge in [-0.05, 0) is 23.8 Å². The van der Waals surface area contributed by atoms with Gasteiger partial charge < -0.3 is 10.2 Å². The summed E-state index contributed by atoms with van der Waals surface area (Å²) in [6.07, 6.45) is 0.866. The molecule has 7 heteroatoms. The van der Waals surface area contributed by atoms with Crippen LogP contribution in [0.25, 0.3) is 0 Å². The molecule has 0 aliphatic carbocycles. The maximum Gasteiger partial charge on any atom is 0.251 e. The third-order valence-corrected chi connectivity index (χ3v) is 5.25. The number of benzene rings is 2. The van der Waals surface area contributed by atoms with Gasteiger partial charge in [0.1, 0.15) is 0 Å². The molecule has 2 rings (SSSR count). The minimum Gasteiger partial charge on any atom is -0.352 e. The molecule has 0 bridgehead atoms. The third-order valence-electron chi connectivity index (χ3n) is 3.85. The predicted octanol–water partition coefficient (Wildman–Crippen LogP) is 0.430. The third kappa shape index (κ3) is 6.25. The van der Waals surface area contributed by atoms with E-state index in [4.69, 9.17) is 0 Å². The molecule has 6 nitrogen and oxygen atoms in total. The number of carbonyl (C=O) groups excluding carboxylic acids is 1. The molecule has 0 fully saturated rings. The molecule has 140 valence electrons. The molecule has 0 heterocycles. The van der Waals surface area contributed by atoms with E-state index in [0.29, 0.717) is 12.1 Å². The van der Waals surface area contributed by atoms with Gasteiger partial charge in [-0.25, -0.2) is 13.1 Å². The highest BCUT2D eigenvalue weighted by atomic mass is 32.2. The number of quaternary nitrogens is 1. The van der Waals surface area contributed by atoms with Crippen LogP contribution in [0.15, 0.2) is 59.5 Å². The maximum absolute atomic E-state index is 12.5. The van der Waals surface area contributed by atoms with Crippen molar-refractivity contribution in [2.45, 2.75) is 17.9 Å². The lowest BCUT2D eigenvalue weighted by molar-refractivity contribution is -0.858. The molecule has 0 unspecified atom stereocenters. The Morgan fingerprint density at radius 1 is 1.04 bits per heavy atom. The maximum atomic E-state index is 12.5. The van der Waals surface area contributed by atoms with E-state index in [-0.39, 0.29) is 17.3 Å². The average molecular weight is 377 g/mol. The van der Waals surface area contributed by atoms with Crippen molar-refractivity contribution in [2.75, 3.05) is 27.2 Å². The highest BCUT2D eigenvalue weighted by molar-refractivity contribution is 7.89. The molecule has 1 amide bonds. The van der Waals surface area contributed by atoms with Crippen LogP contribution in [0.3, 0.4) is 0 Å². The zero-order valence-corrected chi connectivity index (χ0v) is 16.0. The molecule has 0 aromatic heterocycles. The predicted molar refractivity (Wildman–Crippen MR) is 102 cm³/mol. The summed E-state index contributed by atoms with van der Waals surface area (Å²) in [6.45, 7) is 1.72. The second-order valence-corrected chi connectivity index (χ2v) is 8.17. The van der Waals surface area contributed by atoms with Crippen LogP contribution in [0.5, 0.6) is 0 Å². The summed E-state index contributed by atoms with van der Waals surface area (Å²) in [5, 5.41) is 2.82. The Morgan fingerprint density at radius 2 is 1.77 bits per heavy atom. The molecular formula is C19H26N3O3S+. The Morgan fingerprint density at radius 3 is 2.46 bits per heavy atom. The molecule has 2 aromatic rings. The van der Waals surface area contributed by atoms with Gasteiger partial charge in [0.15, 0.2) is 0 Å². The second kappa shape index (κ2) is 9.47. The van der Waals surface area contributed by atoms with Gasteiger partial charge >= 0.3 is 0 Å². The van der Waals surface area contributed by atoms with Crippen LogP contribution >= 0.6 is 0 Å². The summed E-state index contributed by atoms with van der Waals surface area (Å²) < 4.78 is 27.5. The number of sulfonamides is 1. The first kappa shape index (κ1) is 20.1. The smallest absolute Gasteiger partial charge is 0.251 e. The number of hydrogen-bond donors (Lipinski definition) is 3. The van der Waals surface area contributed by atoms with Crippen molar-refractivity contribution in [1.29, 1.82) is 0 Å². The van der Waals surface area contributed by atoms with E-state index in [9.17, 15) is 13.2 Å². The molecule has 3 N–H and O–H groups in total. The Labute approximate surface area is 155 Å². The van der Waals surface area contributed by atoms with E-state index in [2.05, 4.69) is 24.1 Å². The van der Waals surface area contributed by atoms with Crippen molar-refractivity contribution in [1.82, 2.24) is 10.0 Å². The minimum atomic E-state index is -3.68. The number of carbonyl (C=O) groups is 1. The summed E-state index contributed by atoms with van der Waals surface area (Å²) in [6, 6.07) is 15.4. The van der Waals surface area contributed by atoms with E-state index in [1.807, 2.05) is 30.3 Å². The van der Waals surface area contributed by atoms with E-state index in [0.717, 1.165) is 18.5 Å². The van der Waals surface area contributed by atoms with Gasteiger partial charge in [0, 0.05) is 25.1 Å². The summed E-state index contributed by atoms with van der Waals surface area (Å²) in [7, 11) is 0.424. The van der Waals surface area contributed by atoms with Crippen LogP contribution in [0.1, 0.15) is 22.3 Å². The highest BCUT2D eigenvalue weighted by Gasteiger charge is 2.16. The lowest BCUT2D eigenvalue weighted by Crippen LogP contribution is -3.05. The summed E-state index contributed by atoms with van der Waals surface area (Å²) in [5.41, 5.74) is 1.21. The van der Waals surface area contributed by atoms with Crippen LogP contribution in [-0.4, -0.2) is 41.5 Å². The van der Waals surface area contributed by atoms with Crippen molar-refractivity contribution in [3.8, 4) is 0 Å². The number of hydrogen-bond acceptors (Lipinski definition) is 3. The van der Waals surface area contributed by atoms with Gasteiger partial charge in [-0.15, -0.1) is 0 Å². The van der Waals surface area contributed by atoms with Gasteiger partial charge in [-0.3, -0.25) is 4.79 Å². The fourth-order valence-corrected chi connectivity index (χ4v) is 3.47. The van der Waals surface area contributed by atoms with Gasteiger partial charge in [0.2, 0.25) is 10.0 Å². The van der Waals surface area contributed by atoms with Crippen LogP contribution in [0.4, 0.5) is 0 Å². The molecule has 2 aromatic carbocycles. The lowest BCUT2D eigenvalue weighted by Gasteiger charge is -2.10. The summed E-state index contributed by atoms with van der Waals surface area (Å²) in [4.78, 5) is 13.6. The Hall–Kier alpha value is -2.22. The van der Waals surface area contributed by atoms with Crippen LogP contribution < -0.4 is 14.9 Å². The number of rotatable bonds is 9. The van der Waals surface area contributed by atoms with Crippen molar-refractivity contribution >= 4 is 15.9 Å². The van der Waals surface area contributed by atoms with Gasteiger partial charge in [0.05, 0.1) is 25.5 Å². The SMILES string of the molecule is C[NH+](C)CCCNC(=O)c1cccc(S(=O)(=O)NCc2ccccc2)c1. The molecule has 0 aliphatic heterocycles. The zero-order valence-electron chi connectivity index (χ0n) is 15.2. The standard InChI is InChI=1S/C19H25N3O3S/c1-22(2)13-7-12-20-19(23)17-10-6-11-18(14-17)26(24,25)21-15-16-8-4-3-5-9-16/h3-6,8-11,14,21H,7,12-13,15H2,1-2H3,(H,20,23)/p+1. The first-order valence-electron chi connectivity index (χ1n) is 8.59.